The number of aromatic amines is 1. The third-order valence-electron chi connectivity index (χ3n) is 2.04. The Labute approximate surface area is 81.5 Å². The Balaban J connectivity index is 2.56. The van der Waals surface area contributed by atoms with Crippen molar-refractivity contribution in [2.45, 2.75) is 6.92 Å². The van der Waals surface area contributed by atoms with Crippen molar-refractivity contribution in [2.24, 2.45) is 0 Å². The van der Waals surface area contributed by atoms with Crippen LogP contribution in [-0.4, -0.2) is 9.97 Å². The van der Waals surface area contributed by atoms with Crippen LogP contribution in [0.4, 0.5) is 0 Å². The molecule has 0 radical (unpaired) electrons. The Morgan fingerprint density at radius 1 is 1.29 bits per heavy atom. The van der Waals surface area contributed by atoms with E-state index < -0.39 is 0 Å². The molecule has 0 aromatic carbocycles. The minimum atomic E-state index is -0.0850. The molecule has 0 aliphatic rings. The topological polar surface area (TPSA) is 45.8 Å². The number of pyridine rings is 2. The molecule has 2 aromatic heterocycles. The first kappa shape index (κ1) is 8.69. The molecule has 3 heteroatoms. The average molecular weight is 186 g/mol. The maximum atomic E-state index is 11.4. The van der Waals surface area contributed by atoms with Gasteiger partial charge < -0.3 is 4.98 Å². The Morgan fingerprint density at radius 3 is 2.79 bits per heavy atom. The van der Waals surface area contributed by atoms with E-state index in [1.165, 1.54) is 0 Å². The highest BCUT2D eigenvalue weighted by Gasteiger charge is 2.00. The second kappa shape index (κ2) is 3.46. The molecule has 0 amide bonds. The van der Waals surface area contributed by atoms with E-state index in [1.807, 2.05) is 19.1 Å². The number of H-pyrrole nitrogens is 1. The van der Waals surface area contributed by atoms with Crippen LogP contribution in [0, 0.1) is 6.92 Å². The lowest BCUT2D eigenvalue weighted by Gasteiger charge is -1.99. The zero-order chi connectivity index (χ0) is 9.97. The van der Waals surface area contributed by atoms with Crippen LogP contribution < -0.4 is 5.56 Å². The van der Waals surface area contributed by atoms with Gasteiger partial charge in [0.1, 0.15) is 0 Å². The summed E-state index contributed by atoms with van der Waals surface area (Å²) in [6, 6.07) is 7.37. The van der Waals surface area contributed by atoms with E-state index in [-0.39, 0.29) is 5.56 Å². The second-order valence-corrected chi connectivity index (χ2v) is 3.10. The van der Waals surface area contributed by atoms with Gasteiger partial charge in [0.15, 0.2) is 0 Å². The summed E-state index contributed by atoms with van der Waals surface area (Å²) in [4.78, 5) is 18.2. The minimum Gasteiger partial charge on any atom is -0.329 e. The zero-order valence-electron chi connectivity index (χ0n) is 7.82. The van der Waals surface area contributed by atoms with E-state index in [2.05, 4.69) is 9.97 Å². The predicted molar refractivity (Wildman–Crippen MR) is 55.0 cm³/mol. The van der Waals surface area contributed by atoms with Crippen molar-refractivity contribution in [2.75, 3.05) is 0 Å². The summed E-state index contributed by atoms with van der Waals surface area (Å²) < 4.78 is 0. The molecule has 70 valence electrons. The van der Waals surface area contributed by atoms with Gasteiger partial charge in [0.05, 0.1) is 0 Å². The highest BCUT2D eigenvalue weighted by molar-refractivity contribution is 5.60. The predicted octanol–water partition coefficient (Wildman–Crippen LogP) is 1.75. The summed E-state index contributed by atoms with van der Waals surface area (Å²) in [5, 5.41) is 0. The van der Waals surface area contributed by atoms with Crippen LogP contribution in [0.1, 0.15) is 5.69 Å². The molecular formula is C11H10N2O. The fourth-order valence-corrected chi connectivity index (χ4v) is 1.28. The van der Waals surface area contributed by atoms with E-state index in [0.29, 0.717) is 5.56 Å². The van der Waals surface area contributed by atoms with Crippen molar-refractivity contribution >= 4 is 0 Å². The van der Waals surface area contributed by atoms with Gasteiger partial charge in [-0.3, -0.25) is 9.78 Å². The van der Waals surface area contributed by atoms with E-state index in [0.717, 1.165) is 11.3 Å². The number of hydrogen-bond acceptors (Lipinski definition) is 2. The molecule has 0 saturated heterocycles. The lowest BCUT2D eigenvalue weighted by Crippen LogP contribution is -2.06. The van der Waals surface area contributed by atoms with E-state index >= 15 is 0 Å². The molecule has 0 aliphatic carbocycles. The Kier molecular flexibility index (Phi) is 2.14. The molecule has 1 N–H and O–H groups in total. The second-order valence-electron chi connectivity index (χ2n) is 3.10. The van der Waals surface area contributed by atoms with Crippen LogP contribution in [0.5, 0.6) is 0 Å². The first-order chi connectivity index (χ1) is 6.77. The summed E-state index contributed by atoms with van der Waals surface area (Å²) in [7, 11) is 0. The van der Waals surface area contributed by atoms with E-state index in [1.54, 1.807) is 24.5 Å². The van der Waals surface area contributed by atoms with Crippen molar-refractivity contribution in [3.05, 3.63) is 52.7 Å². The Hall–Kier alpha value is -1.90. The van der Waals surface area contributed by atoms with Gasteiger partial charge in [0.25, 0.3) is 5.56 Å². The molecule has 2 aromatic rings. The third kappa shape index (κ3) is 1.57. The molecule has 0 spiro atoms. The SMILES string of the molecule is Cc1ccc(-c2ccc[nH]c2=O)cn1. The fraction of sp³-hybridized carbons (Fsp3) is 0.0909. The van der Waals surface area contributed by atoms with Gasteiger partial charge in [-0.2, -0.15) is 0 Å². The largest absolute Gasteiger partial charge is 0.329 e. The summed E-state index contributed by atoms with van der Waals surface area (Å²) >= 11 is 0. The van der Waals surface area contributed by atoms with Crippen LogP contribution in [0.2, 0.25) is 0 Å². The van der Waals surface area contributed by atoms with Crippen LogP contribution in [0.3, 0.4) is 0 Å². The molecule has 0 atom stereocenters. The van der Waals surface area contributed by atoms with Crippen LogP contribution in [0.25, 0.3) is 11.1 Å². The summed E-state index contributed by atoms with van der Waals surface area (Å²) in [6.07, 6.45) is 3.33. The summed E-state index contributed by atoms with van der Waals surface area (Å²) in [6.45, 7) is 1.92. The van der Waals surface area contributed by atoms with E-state index in [4.69, 9.17) is 0 Å². The van der Waals surface area contributed by atoms with Crippen molar-refractivity contribution in [3.63, 3.8) is 0 Å². The number of aromatic nitrogens is 2. The Bertz CT molecular complexity index is 485. The van der Waals surface area contributed by atoms with Crippen LogP contribution in [-0.2, 0) is 0 Å². The van der Waals surface area contributed by atoms with Crippen molar-refractivity contribution in [1.82, 2.24) is 9.97 Å². The number of hydrogen-bond donors (Lipinski definition) is 1. The molecule has 0 aliphatic heterocycles. The van der Waals surface area contributed by atoms with Crippen molar-refractivity contribution in [1.29, 1.82) is 0 Å². The number of rotatable bonds is 1. The number of nitrogens with zero attached hydrogens (tertiary/aromatic N) is 1. The molecule has 2 rings (SSSR count). The van der Waals surface area contributed by atoms with Crippen LogP contribution >= 0.6 is 0 Å². The molecule has 3 nitrogen and oxygen atoms in total. The van der Waals surface area contributed by atoms with Gasteiger partial charge in [0, 0.05) is 29.2 Å². The molecule has 0 saturated carbocycles. The maximum absolute atomic E-state index is 11.4. The van der Waals surface area contributed by atoms with Crippen molar-refractivity contribution < 1.29 is 0 Å². The quantitative estimate of drug-likeness (QED) is 0.737. The molecule has 0 fully saturated rings. The average Bonchev–Trinajstić information content (AvgIpc) is 2.20. The summed E-state index contributed by atoms with van der Waals surface area (Å²) in [5.74, 6) is 0. The standard InChI is InChI=1S/C11H10N2O/c1-8-4-5-9(7-13-8)10-3-2-6-12-11(10)14/h2-7H,1H3,(H,12,14). The molecule has 2 heterocycles. The highest BCUT2D eigenvalue weighted by atomic mass is 16.1. The number of nitrogens with one attached hydrogen (secondary N) is 1. The van der Waals surface area contributed by atoms with E-state index in [9.17, 15) is 4.79 Å². The van der Waals surface area contributed by atoms with Gasteiger partial charge in [-0.1, -0.05) is 6.07 Å². The normalized spacial score (nSPS) is 10.1. The fourth-order valence-electron chi connectivity index (χ4n) is 1.28. The summed E-state index contributed by atoms with van der Waals surface area (Å²) in [5.41, 5.74) is 2.36. The lowest BCUT2D eigenvalue weighted by molar-refractivity contribution is 1.19. The van der Waals surface area contributed by atoms with Crippen LogP contribution in [0.15, 0.2) is 41.5 Å². The first-order valence-electron chi connectivity index (χ1n) is 4.38. The van der Waals surface area contributed by atoms with Gasteiger partial charge in [-0.15, -0.1) is 0 Å². The minimum absolute atomic E-state index is 0.0850. The molecule has 14 heavy (non-hydrogen) atoms. The van der Waals surface area contributed by atoms with Gasteiger partial charge in [0.2, 0.25) is 0 Å². The smallest absolute Gasteiger partial charge is 0.255 e. The van der Waals surface area contributed by atoms with Crippen molar-refractivity contribution in [3.8, 4) is 11.1 Å². The Morgan fingerprint density at radius 2 is 2.14 bits per heavy atom. The number of aryl methyl sites for hydroxylation is 1. The van der Waals surface area contributed by atoms with Gasteiger partial charge in [-0.25, -0.2) is 0 Å². The first-order valence-corrected chi connectivity index (χ1v) is 4.38. The molecule has 0 bridgehead atoms. The molecule has 0 unspecified atom stereocenters. The maximum Gasteiger partial charge on any atom is 0.255 e. The lowest BCUT2D eigenvalue weighted by atomic mass is 10.1. The zero-order valence-corrected chi connectivity index (χ0v) is 7.82. The highest BCUT2D eigenvalue weighted by Crippen LogP contribution is 2.12. The third-order valence-corrected chi connectivity index (χ3v) is 2.04. The van der Waals surface area contributed by atoms with Gasteiger partial charge >= 0.3 is 0 Å². The monoisotopic (exact) mass is 186 g/mol. The van der Waals surface area contributed by atoms with Gasteiger partial charge in [-0.05, 0) is 25.1 Å². The molecular weight excluding hydrogens is 176 g/mol.